The Kier molecular flexibility index (Phi) is 4.00. The number of ether oxygens (including phenoxy) is 1. The third-order valence-electron chi connectivity index (χ3n) is 2.50. The van der Waals surface area contributed by atoms with Crippen LogP contribution in [-0.2, 0) is 9.53 Å². The Morgan fingerprint density at radius 3 is 2.77 bits per heavy atom. The van der Waals surface area contributed by atoms with Gasteiger partial charge in [-0.1, -0.05) is 25.3 Å². The van der Waals surface area contributed by atoms with Gasteiger partial charge in [-0.2, -0.15) is 0 Å². The van der Waals surface area contributed by atoms with Crippen LogP contribution >= 0.6 is 0 Å². The number of carbonyl (C=O) groups is 1. The molecule has 0 N–H and O–H groups in total. The molecule has 0 aliphatic carbocycles. The molecule has 0 aromatic carbocycles. The van der Waals surface area contributed by atoms with Crippen molar-refractivity contribution in [3.8, 4) is 0 Å². The third-order valence-corrected chi connectivity index (χ3v) is 2.50. The number of cyclic esters (lactones) is 1. The second-order valence-corrected chi connectivity index (χ2v) is 3.60. The van der Waals surface area contributed by atoms with Gasteiger partial charge in [0.25, 0.3) is 0 Å². The van der Waals surface area contributed by atoms with Gasteiger partial charge in [-0.05, 0) is 19.8 Å². The summed E-state index contributed by atoms with van der Waals surface area (Å²) in [6, 6.07) is 0. The van der Waals surface area contributed by atoms with Crippen LogP contribution in [0.3, 0.4) is 0 Å². The van der Waals surface area contributed by atoms with Crippen molar-refractivity contribution in [3.63, 3.8) is 0 Å². The second-order valence-electron chi connectivity index (χ2n) is 3.60. The van der Waals surface area contributed by atoms with E-state index in [0.29, 0.717) is 6.61 Å². The molecule has 0 saturated heterocycles. The van der Waals surface area contributed by atoms with E-state index in [0.717, 1.165) is 24.8 Å². The van der Waals surface area contributed by atoms with Gasteiger partial charge < -0.3 is 4.74 Å². The molecular formula is C11H18O2. The highest BCUT2D eigenvalue weighted by Crippen LogP contribution is 2.21. The SMILES string of the molecule is CCCCCC1=C(C)CCOC1=O. The molecular weight excluding hydrogens is 164 g/mol. The minimum atomic E-state index is -0.0835. The van der Waals surface area contributed by atoms with Crippen LogP contribution in [-0.4, -0.2) is 12.6 Å². The molecule has 0 fully saturated rings. The number of esters is 1. The fraction of sp³-hybridized carbons (Fsp3) is 0.727. The van der Waals surface area contributed by atoms with E-state index in [2.05, 4.69) is 6.92 Å². The average molecular weight is 182 g/mol. The fourth-order valence-electron chi connectivity index (χ4n) is 1.58. The van der Waals surface area contributed by atoms with Gasteiger partial charge in [-0.25, -0.2) is 4.79 Å². The van der Waals surface area contributed by atoms with Gasteiger partial charge in [-0.15, -0.1) is 0 Å². The molecule has 0 amide bonds. The molecule has 13 heavy (non-hydrogen) atoms. The average Bonchev–Trinajstić information content (AvgIpc) is 2.10. The highest BCUT2D eigenvalue weighted by Gasteiger charge is 2.18. The highest BCUT2D eigenvalue weighted by atomic mass is 16.5. The number of rotatable bonds is 4. The van der Waals surface area contributed by atoms with Crippen molar-refractivity contribution >= 4 is 5.97 Å². The highest BCUT2D eigenvalue weighted by molar-refractivity contribution is 5.89. The molecule has 1 aliphatic rings. The Morgan fingerprint density at radius 1 is 1.38 bits per heavy atom. The molecule has 1 rings (SSSR count). The number of carbonyl (C=O) groups excluding carboxylic acids is 1. The lowest BCUT2D eigenvalue weighted by atomic mass is 9.99. The lowest BCUT2D eigenvalue weighted by Gasteiger charge is -2.16. The van der Waals surface area contributed by atoms with Crippen LogP contribution in [0.5, 0.6) is 0 Å². The van der Waals surface area contributed by atoms with Crippen molar-refractivity contribution in [2.24, 2.45) is 0 Å². The van der Waals surface area contributed by atoms with E-state index in [1.807, 2.05) is 6.92 Å². The van der Waals surface area contributed by atoms with Crippen molar-refractivity contribution in [1.82, 2.24) is 0 Å². The predicted molar refractivity (Wildman–Crippen MR) is 52.4 cm³/mol. The smallest absolute Gasteiger partial charge is 0.333 e. The molecule has 1 heterocycles. The molecule has 74 valence electrons. The van der Waals surface area contributed by atoms with Crippen molar-refractivity contribution in [2.75, 3.05) is 6.61 Å². The lowest BCUT2D eigenvalue weighted by Crippen LogP contribution is -2.16. The third kappa shape index (κ3) is 2.87. The number of hydrogen-bond donors (Lipinski definition) is 0. The van der Waals surface area contributed by atoms with Gasteiger partial charge in [0, 0.05) is 12.0 Å². The summed E-state index contributed by atoms with van der Waals surface area (Å²) in [5.41, 5.74) is 2.16. The van der Waals surface area contributed by atoms with Crippen LogP contribution < -0.4 is 0 Å². The molecule has 0 radical (unpaired) electrons. The van der Waals surface area contributed by atoms with E-state index in [9.17, 15) is 4.79 Å². The van der Waals surface area contributed by atoms with E-state index >= 15 is 0 Å². The summed E-state index contributed by atoms with van der Waals surface area (Å²) in [6.07, 6.45) is 5.33. The second kappa shape index (κ2) is 5.05. The number of hydrogen-bond acceptors (Lipinski definition) is 2. The van der Waals surface area contributed by atoms with Crippen molar-refractivity contribution in [1.29, 1.82) is 0 Å². The Morgan fingerprint density at radius 2 is 2.15 bits per heavy atom. The standard InChI is InChI=1S/C11H18O2/c1-3-4-5-6-10-9(2)7-8-13-11(10)12/h3-8H2,1-2H3. The Bertz CT molecular complexity index is 216. The normalized spacial score (nSPS) is 17.5. The molecule has 0 aromatic heterocycles. The van der Waals surface area contributed by atoms with E-state index in [1.165, 1.54) is 18.4 Å². The Labute approximate surface area is 80.0 Å². The van der Waals surface area contributed by atoms with Crippen molar-refractivity contribution in [2.45, 2.75) is 46.0 Å². The molecule has 0 atom stereocenters. The molecule has 0 aromatic rings. The van der Waals surface area contributed by atoms with Crippen LogP contribution in [0.4, 0.5) is 0 Å². The molecule has 0 spiro atoms. The molecule has 0 saturated carbocycles. The van der Waals surface area contributed by atoms with Crippen LogP contribution in [0.1, 0.15) is 46.0 Å². The summed E-state index contributed by atoms with van der Waals surface area (Å²) in [4.78, 5) is 11.3. The van der Waals surface area contributed by atoms with E-state index in [4.69, 9.17) is 4.74 Å². The van der Waals surface area contributed by atoms with Crippen molar-refractivity contribution in [3.05, 3.63) is 11.1 Å². The Balaban J connectivity index is 2.48. The minimum Gasteiger partial charge on any atom is -0.462 e. The monoisotopic (exact) mass is 182 g/mol. The molecule has 2 nitrogen and oxygen atoms in total. The summed E-state index contributed by atoms with van der Waals surface area (Å²) in [6.45, 7) is 4.78. The first-order valence-electron chi connectivity index (χ1n) is 5.11. The van der Waals surface area contributed by atoms with E-state index in [-0.39, 0.29) is 5.97 Å². The zero-order chi connectivity index (χ0) is 9.68. The maximum Gasteiger partial charge on any atom is 0.333 e. The van der Waals surface area contributed by atoms with Crippen LogP contribution in [0.25, 0.3) is 0 Å². The maximum absolute atomic E-state index is 11.3. The van der Waals surface area contributed by atoms with Gasteiger partial charge in [0.05, 0.1) is 6.61 Å². The van der Waals surface area contributed by atoms with E-state index in [1.54, 1.807) is 0 Å². The first-order valence-corrected chi connectivity index (χ1v) is 5.11. The van der Waals surface area contributed by atoms with Gasteiger partial charge in [0.2, 0.25) is 0 Å². The Hall–Kier alpha value is -0.790. The van der Waals surface area contributed by atoms with Gasteiger partial charge in [-0.3, -0.25) is 0 Å². The van der Waals surface area contributed by atoms with Crippen LogP contribution in [0.15, 0.2) is 11.1 Å². The fourth-order valence-corrected chi connectivity index (χ4v) is 1.58. The van der Waals surface area contributed by atoms with Crippen LogP contribution in [0.2, 0.25) is 0 Å². The topological polar surface area (TPSA) is 26.3 Å². The minimum absolute atomic E-state index is 0.0835. The first kappa shape index (κ1) is 10.3. The van der Waals surface area contributed by atoms with Crippen molar-refractivity contribution < 1.29 is 9.53 Å². The summed E-state index contributed by atoms with van der Waals surface area (Å²) in [7, 11) is 0. The molecule has 0 unspecified atom stereocenters. The summed E-state index contributed by atoms with van der Waals surface area (Å²) >= 11 is 0. The molecule has 2 heteroatoms. The van der Waals surface area contributed by atoms with Crippen LogP contribution in [0, 0.1) is 0 Å². The lowest BCUT2D eigenvalue weighted by molar-refractivity contribution is -0.140. The molecule has 0 bridgehead atoms. The predicted octanol–water partition coefficient (Wildman–Crippen LogP) is 2.83. The molecule has 1 aliphatic heterocycles. The summed E-state index contributed by atoms with van der Waals surface area (Å²) in [5.74, 6) is -0.0835. The van der Waals surface area contributed by atoms with Gasteiger partial charge in [0.15, 0.2) is 0 Å². The summed E-state index contributed by atoms with van der Waals surface area (Å²) in [5, 5.41) is 0. The van der Waals surface area contributed by atoms with E-state index < -0.39 is 0 Å². The largest absolute Gasteiger partial charge is 0.462 e. The maximum atomic E-state index is 11.3. The number of unbranched alkanes of at least 4 members (excludes halogenated alkanes) is 2. The quantitative estimate of drug-likeness (QED) is 0.493. The zero-order valence-corrected chi connectivity index (χ0v) is 8.56. The zero-order valence-electron chi connectivity index (χ0n) is 8.56. The summed E-state index contributed by atoms with van der Waals surface area (Å²) < 4.78 is 4.99. The van der Waals surface area contributed by atoms with Gasteiger partial charge in [0.1, 0.15) is 0 Å². The first-order chi connectivity index (χ1) is 6.25. The van der Waals surface area contributed by atoms with Gasteiger partial charge >= 0.3 is 5.97 Å².